The molecular weight excluding hydrogens is 432 g/mol. The average molecular weight is 454 g/mol. The van der Waals surface area contributed by atoms with Crippen molar-refractivity contribution in [3.63, 3.8) is 0 Å². The minimum Gasteiger partial charge on any atom is -0.504 e. The van der Waals surface area contributed by atoms with E-state index in [1.54, 1.807) is 17.0 Å². The molecule has 0 amide bonds. The zero-order valence-electron chi connectivity index (χ0n) is 18.4. The molecule has 2 aromatic carbocycles. The number of allylic oxidation sites excluding steroid dienone is 3. The van der Waals surface area contributed by atoms with Crippen LogP contribution in [0.5, 0.6) is 11.5 Å². The van der Waals surface area contributed by atoms with Crippen molar-refractivity contribution in [2.75, 3.05) is 12.0 Å². The summed E-state index contributed by atoms with van der Waals surface area (Å²) < 4.78 is 5.28. The standard InChI is InChI=1S/C25H22N6O3/c1-34-21-11-15(7-8-19(21)32)22-17(12-26)24(27)31(25-28-13-29-30-25)18-9-16(10-20(33)23(18)22)14-5-3-2-4-6-14/h2-8,11,13,16,22,32H,9-10,27H2,1H3,(H,28,29,30). The Kier molecular flexibility index (Phi) is 5.26. The number of carbonyl (C=O) groups is 1. The number of H-pyrrole nitrogens is 1. The van der Waals surface area contributed by atoms with Gasteiger partial charge in [-0.1, -0.05) is 36.4 Å². The highest BCUT2D eigenvalue weighted by Crippen LogP contribution is 2.49. The van der Waals surface area contributed by atoms with Crippen LogP contribution in [0.25, 0.3) is 0 Å². The van der Waals surface area contributed by atoms with Crippen molar-refractivity contribution in [1.29, 1.82) is 5.26 Å². The lowest BCUT2D eigenvalue weighted by molar-refractivity contribution is -0.116. The maximum Gasteiger partial charge on any atom is 0.231 e. The molecule has 9 nitrogen and oxygen atoms in total. The number of aromatic hydroxyl groups is 1. The molecule has 0 saturated heterocycles. The maximum atomic E-state index is 13.7. The van der Waals surface area contributed by atoms with E-state index in [0.29, 0.717) is 35.6 Å². The molecule has 9 heteroatoms. The number of hydrogen-bond acceptors (Lipinski definition) is 8. The summed E-state index contributed by atoms with van der Waals surface area (Å²) in [5.74, 6) is -0.0932. The zero-order valence-corrected chi connectivity index (χ0v) is 18.4. The van der Waals surface area contributed by atoms with Crippen molar-refractivity contribution < 1.29 is 14.6 Å². The van der Waals surface area contributed by atoms with Crippen LogP contribution in [0.4, 0.5) is 5.95 Å². The van der Waals surface area contributed by atoms with Gasteiger partial charge in [0.1, 0.15) is 12.1 Å². The van der Waals surface area contributed by atoms with Crippen LogP contribution in [-0.2, 0) is 4.79 Å². The van der Waals surface area contributed by atoms with Gasteiger partial charge < -0.3 is 15.6 Å². The number of phenols is 1. The average Bonchev–Trinajstić information content (AvgIpc) is 3.38. The van der Waals surface area contributed by atoms with Gasteiger partial charge in [-0.15, -0.1) is 0 Å². The Morgan fingerprint density at radius 1 is 1.21 bits per heavy atom. The number of hydrogen-bond donors (Lipinski definition) is 3. The minimum absolute atomic E-state index is 0.0332. The Morgan fingerprint density at radius 2 is 2.00 bits per heavy atom. The summed E-state index contributed by atoms with van der Waals surface area (Å²) in [7, 11) is 1.45. The van der Waals surface area contributed by atoms with E-state index >= 15 is 0 Å². The largest absolute Gasteiger partial charge is 0.504 e. The molecule has 34 heavy (non-hydrogen) atoms. The third-order valence-electron chi connectivity index (χ3n) is 6.39. The van der Waals surface area contributed by atoms with E-state index in [-0.39, 0.29) is 34.6 Å². The molecule has 0 bridgehead atoms. The number of rotatable bonds is 4. The summed E-state index contributed by atoms with van der Waals surface area (Å²) in [5, 5.41) is 27.0. The van der Waals surface area contributed by atoms with Gasteiger partial charge in [-0.05, 0) is 35.6 Å². The lowest BCUT2D eigenvalue weighted by Gasteiger charge is -2.40. The number of phenolic OH excluding ortho intramolecular Hbond substituents is 1. The highest BCUT2D eigenvalue weighted by Gasteiger charge is 2.43. The van der Waals surface area contributed by atoms with Gasteiger partial charge >= 0.3 is 0 Å². The lowest BCUT2D eigenvalue weighted by Crippen LogP contribution is -2.40. The molecule has 5 rings (SSSR count). The normalized spacial score (nSPS) is 20.2. The molecule has 1 aliphatic heterocycles. The van der Waals surface area contributed by atoms with Gasteiger partial charge in [-0.25, -0.2) is 5.10 Å². The van der Waals surface area contributed by atoms with Crippen molar-refractivity contribution in [3.05, 3.63) is 88.6 Å². The summed E-state index contributed by atoms with van der Waals surface area (Å²) in [6, 6.07) is 16.9. The van der Waals surface area contributed by atoms with Crippen molar-refractivity contribution in [1.82, 2.24) is 15.2 Å². The van der Waals surface area contributed by atoms with Crippen LogP contribution in [0.15, 0.2) is 77.5 Å². The molecule has 0 saturated carbocycles. The Bertz CT molecular complexity index is 1360. The van der Waals surface area contributed by atoms with Crippen LogP contribution in [-0.4, -0.2) is 33.2 Å². The number of ether oxygens (including phenoxy) is 1. The first-order valence-electron chi connectivity index (χ1n) is 10.8. The number of aromatic nitrogens is 3. The number of aromatic amines is 1. The number of nitrogens with zero attached hydrogens (tertiary/aromatic N) is 4. The minimum atomic E-state index is -0.696. The number of carbonyl (C=O) groups excluding carboxylic acids is 1. The van der Waals surface area contributed by atoms with Crippen LogP contribution in [0.1, 0.15) is 35.8 Å². The number of ketones is 1. The number of methoxy groups -OCH3 is 1. The second-order valence-electron chi connectivity index (χ2n) is 8.22. The number of nitrogens with two attached hydrogens (primary N) is 1. The summed E-state index contributed by atoms with van der Waals surface area (Å²) in [5.41, 5.74) is 9.62. The van der Waals surface area contributed by atoms with Crippen LogP contribution in [0, 0.1) is 11.3 Å². The SMILES string of the molecule is COc1cc(C2C(C#N)=C(N)N(c3ncn[nH]3)C3=C2C(=O)CC(c2ccccc2)C3)ccc1O. The van der Waals surface area contributed by atoms with Crippen LogP contribution < -0.4 is 15.4 Å². The van der Waals surface area contributed by atoms with Crippen molar-refractivity contribution >= 4 is 11.7 Å². The molecule has 4 N–H and O–H groups in total. The number of benzene rings is 2. The second kappa shape index (κ2) is 8.41. The van der Waals surface area contributed by atoms with Gasteiger partial charge in [0.2, 0.25) is 5.95 Å². The molecular formula is C25H22N6O3. The fraction of sp³-hybridized carbons (Fsp3) is 0.200. The Balaban J connectivity index is 1.72. The van der Waals surface area contributed by atoms with Gasteiger partial charge in [-0.3, -0.25) is 9.69 Å². The van der Waals surface area contributed by atoms with E-state index < -0.39 is 5.92 Å². The first kappa shape index (κ1) is 21.3. The topological polar surface area (TPSA) is 141 Å². The highest BCUT2D eigenvalue weighted by molar-refractivity contribution is 6.01. The van der Waals surface area contributed by atoms with Crippen LogP contribution >= 0.6 is 0 Å². The van der Waals surface area contributed by atoms with Crippen molar-refractivity contribution in [2.45, 2.75) is 24.7 Å². The van der Waals surface area contributed by atoms with E-state index in [4.69, 9.17) is 10.5 Å². The number of anilines is 1. The smallest absolute Gasteiger partial charge is 0.231 e. The number of nitriles is 1. The fourth-order valence-corrected chi connectivity index (χ4v) is 4.85. The van der Waals surface area contributed by atoms with Crippen LogP contribution in [0.3, 0.4) is 0 Å². The molecule has 2 aliphatic rings. The molecule has 3 aromatic rings. The molecule has 1 aliphatic carbocycles. The first-order valence-corrected chi connectivity index (χ1v) is 10.8. The first-order chi connectivity index (χ1) is 16.5. The highest BCUT2D eigenvalue weighted by atomic mass is 16.5. The second-order valence-corrected chi connectivity index (χ2v) is 8.22. The van der Waals surface area contributed by atoms with Gasteiger partial charge in [0.05, 0.1) is 24.7 Å². The third-order valence-corrected chi connectivity index (χ3v) is 6.39. The molecule has 0 radical (unpaired) electrons. The van der Waals surface area contributed by atoms with Crippen molar-refractivity contribution in [2.24, 2.45) is 5.73 Å². The van der Waals surface area contributed by atoms with E-state index in [9.17, 15) is 15.2 Å². The van der Waals surface area contributed by atoms with Gasteiger partial charge in [0.15, 0.2) is 17.3 Å². The summed E-state index contributed by atoms with van der Waals surface area (Å²) >= 11 is 0. The molecule has 1 aromatic heterocycles. The maximum absolute atomic E-state index is 13.7. The zero-order chi connectivity index (χ0) is 23.8. The third kappa shape index (κ3) is 3.36. The van der Waals surface area contributed by atoms with Gasteiger partial charge in [-0.2, -0.15) is 15.3 Å². The van der Waals surface area contributed by atoms with E-state index in [1.165, 1.54) is 19.5 Å². The predicted octanol–water partition coefficient (Wildman–Crippen LogP) is 3.22. The van der Waals surface area contributed by atoms with E-state index in [1.807, 2.05) is 30.3 Å². The summed E-state index contributed by atoms with van der Waals surface area (Å²) in [6.07, 6.45) is 2.18. The Hall–Kier alpha value is -4.58. The fourth-order valence-electron chi connectivity index (χ4n) is 4.85. The molecule has 2 heterocycles. The summed E-state index contributed by atoms with van der Waals surface area (Å²) in [4.78, 5) is 19.6. The van der Waals surface area contributed by atoms with Crippen molar-refractivity contribution in [3.8, 4) is 17.6 Å². The summed E-state index contributed by atoms with van der Waals surface area (Å²) in [6.45, 7) is 0. The Labute approximate surface area is 195 Å². The quantitative estimate of drug-likeness (QED) is 0.546. The van der Waals surface area contributed by atoms with E-state index in [0.717, 1.165) is 5.56 Å². The molecule has 2 unspecified atom stereocenters. The van der Waals surface area contributed by atoms with Crippen LogP contribution in [0.2, 0.25) is 0 Å². The molecule has 2 atom stereocenters. The van der Waals surface area contributed by atoms with E-state index in [2.05, 4.69) is 21.3 Å². The van der Waals surface area contributed by atoms with Gasteiger partial charge in [0, 0.05) is 17.7 Å². The number of nitrogens with one attached hydrogen (secondary N) is 1. The number of Topliss-reactive ketones (excluding diaryl/α,β-unsaturated/α-hetero) is 1. The lowest BCUT2D eigenvalue weighted by atomic mass is 9.72. The predicted molar refractivity (Wildman–Crippen MR) is 124 cm³/mol. The molecule has 170 valence electrons. The monoisotopic (exact) mass is 454 g/mol. The Morgan fingerprint density at radius 3 is 2.68 bits per heavy atom. The molecule has 0 spiro atoms. The van der Waals surface area contributed by atoms with Gasteiger partial charge in [0.25, 0.3) is 0 Å². The molecule has 0 fully saturated rings.